The third-order valence-corrected chi connectivity index (χ3v) is 7.04. The number of sulfonamides is 1. The number of nitrogens with zero attached hydrogens (tertiary/aromatic N) is 6. The van der Waals surface area contributed by atoms with Gasteiger partial charge in [-0.25, -0.2) is 32.7 Å². The van der Waals surface area contributed by atoms with Crippen molar-refractivity contribution in [1.82, 2.24) is 28.8 Å². The number of rotatable bonds is 5. The molecular weight excluding hydrogens is 528 g/mol. The van der Waals surface area contributed by atoms with Gasteiger partial charge >= 0.3 is 12.4 Å². The summed E-state index contributed by atoms with van der Waals surface area (Å²) in [5.41, 5.74) is -3.66. The molecule has 0 amide bonds. The van der Waals surface area contributed by atoms with Crippen LogP contribution in [0.15, 0.2) is 30.9 Å². The molecule has 0 saturated carbocycles. The zero-order valence-electron chi connectivity index (χ0n) is 19.5. The summed E-state index contributed by atoms with van der Waals surface area (Å²) < 4.78 is 107. The fourth-order valence-electron chi connectivity index (χ4n) is 3.91. The lowest BCUT2D eigenvalue weighted by atomic mass is 10.1. The Morgan fingerprint density at radius 2 is 1.68 bits per heavy atom. The molecule has 0 aromatic carbocycles. The standard InChI is InChI=1S/C21H21F6N7O2S/c1-12-3-4-16(18(30-12)21(25,26)27)33-10-15(29-11-33)17-14(20(22,23)24)9-28-19(32-17)31-13-5-7-34(8-6-13)37(2,35)36/h3-4,9-11,13H,5-8H2,1-2H3,(H,28,31,32). The lowest BCUT2D eigenvalue weighted by Crippen LogP contribution is -2.42. The summed E-state index contributed by atoms with van der Waals surface area (Å²) in [7, 11) is -3.36. The maximum Gasteiger partial charge on any atom is 0.435 e. The Bertz CT molecular complexity index is 1400. The lowest BCUT2D eigenvalue weighted by molar-refractivity contribution is -0.141. The maximum atomic E-state index is 13.7. The van der Waals surface area contributed by atoms with Crippen LogP contribution < -0.4 is 5.32 Å². The van der Waals surface area contributed by atoms with Crippen molar-refractivity contribution >= 4 is 16.0 Å². The molecule has 3 aromatic rings. The zero-order valence-corrected chi connectivity index (χ0v) is 20.3. The maximum absolute atomic E-state index is 13.7. The molecule has 1 fully saturated rings. The SMILES string of the molecule is Cc1ccc(-n2cnc(-c3nc(NC4CCN(S(C)(=O)=O)CC4)ncc3C(F)(F)F)c2)c(C(F)(F)F)n1. The number of halogens is 6. The first kappa shape index (κ1) is 26.8. The van der Waals surface area contributed by atoms with Crippen molar-refractivity contribution in [1.29, 1.82) is 0 Å². The highest BCUT2D eigenvalue weighted by molar-refractivity contribution is 7.88. The molecule has 0 radical (unpaired) electrons. The molecule has 0 bridgehead atoms. The number of aromatic nitrogens is 5. The fraction of sp³-hybridized carbons (Fsp3) is 0.429. The molecule has 1 N–H and O–H groups in total. The van der Waals surface area contributed by atoms with Gasteiger partial charge in [-0.3, -0.25) is 0 Å². The van der Waals surface area contributed by atoms with E-state index < -0.39 is 45.0 Å². The number of hydrogen-bond donors (Lipinski definition) is 1. The van der Waals surface area contributed by atoms with Crippen LogP contribution in [0.4, 0.5) is 32.3 Å². The van der Waals surface area contributed by atoms with Crippen molar-refractivity contribution in [2.75, 3.05) is 24.7 Å². The van der Waals surface area contributed by atoms with Gasteiger partial charge in [-0.05, 0) is 31.9 Å². The van der Waals surface area contributed by atoms with Crippen LogP contribution >= 0.6 is 0 Å². The molecular formula is C21H21F6N7O2S. The topological polar surface area (TPSA) is 106 Å². The Labute approximate surface area is 207 Å². The summed E-state index contributed by atoms with van der Waals surface area (Å²) in [5, 5.41) is 2.91. The van der Waals surface area contributed by atoms with E-state index in [4.69, 9.17) is 0 Å². The third-order valence-electron chi connectivity index (χ3n) is 5.74. The fourth-order valence-corrected chi connectivity index (χ4v) is 4.79. The van der Waals surface area contributed by atoms with Gasteiger partial charge in [0, 0.05) is 37.2 Å². The third kappa shape index (κ3) is 6.01. The first-order chi connectivity index (χ1) is 17.1. The minimum atomic E-state index is -4.86. The average molecular weight is 550 g/mol. The first-order valence-electron chi connectivity index (χ1n) is 10.9. The molecule has 1 aliphatic rings. The van der Waals surface area contributed by atoms with E-state index in [2.05, 4.69) is 25.3 Å². The highest BCUT2D eigenvalue weighted by Gasteiger charge is 2.38. The van der Waals surface area contributed by atoms with Crippen molar-refractivity contribution in [2.24, 2.45) is 0 Å². The van der Waals surface area contributed by atoms with E-state index in [-0.39, 0.29) is 36.5 Å². The Kier molecular flexibility index (Phi) is 6.92. The van der Waals surface area contributed by atoms with Crippen LogP contribution in [0.2, 0.25) is 0 Å². The summed E-state index contributed by atoms with van der Waals surface area (Å²) in [6.07, 6.45) is -5.28. The van der Waals surface area contributed by atoms with Crippen molar-refractivity contribution in [3.05, 3.63) is 47.8 Å². The van der Waals surface area contributed by atoms with Crippen molar-refractivity contribution in [3.63, 3.8) is 0 Å². The normalized spacial score (nSPS) is 16.2. The van der Waals surface area contributed by atoms with Gasteiger partial charge in [0.2, 0.25) is 16.0 Å². The van der Waals surface area contributed by atoms with E-state index in [0.717, 1.165) is 29.4 Å². The van der Waals surface area contributed by atoms with Crippen LogP contribution in [0.25, 0.3) is 17.1 Å². The van der Waals surface area contributed by atoms with Gasteiger partial charge in [-0.15, -0.1) is 0 Å². The quantitative estimate of drug-likeness (QED) is 0.481. The summed E-state index contributed by atoms with van der Waals surface area (Å²) >= 11 is 0. The Balaban J connectivity index is 1.66. The van der Waals surface area contributed by atoms with E-state index in [0.29, 0.717) is 19.0 Å². The van der Waals surface area contributed by atoms with Crippen molar-refractivity contribution < 1.29 is 34.8 Å². The van der Waals surface area contributed by atoms with Gasteiger partial charge in [0.15, 0.2) is 5.69 Å². The molecule has 4 rings (SSSR count). The summed E-state index contributed by atoms with van der Waals surface area (Å²) in [6, 6.07) is 2.19. The molecule has 0 spiro atoms. The first-order valence-corrected chi connectivity index (χ1v) is 12.7. The Morgan fingerprint density at radius 1 is 1.00 bits per heavy atom. The average Bonchev–Trinajstić information content (AvgIpc) is 3.27. The van der Waals surface area contributed by atoms with Crippen LogP contribution in [0.1, 0.15) is 29.8 Å². The molecule has 16 heteroatoms. The predicted octanol–water partition coefficient (Wildman–Crippen LogP) is 3.91. The molecule has 37 heavy (non-hydrogen) atoms. The predicted molar refractivity (Wildman–Crippen MR) is 120 cm³/mol. The lowest BCUT2D eigenvalue weighted by Gasteiger charge is -2.30. The van der Waals surface area contributed by atoms with E-state index in [9.17, 15) is 34.8 Å². The van der Waals surface area contributed by atoms with E-state index in [1.807, 2.05) is 0 Å². The molecule has 200 valence electrons. The number of alkyl halides is 6. The smallest absolute Gasteiger partial charge is 0.351 e. The largest absolute Gasteiger partial charge is 0.435 e. The zero-order chi connectivity index (χ0) is 27.2. The number of hydrogen-bond acceptors (Lipinski definition) is 7. The Morgan fingerprint density at radius 3 is 2.27 bits per heavy atom. The van der Waals surface area contributed by atoms with Gasteiger partial charge in [0.05, 0.1) is 11.9 Å². The van der Waals surface area contributed by atoms with Gasteiger partial charge in [-0.2, -0.15) is 26.3 Å². The Hall–Kier alpha value is -3.27. The minimum absolute atomic E-state index is 0.115. The molecule has 4 heterocycles. The molecule has 0 atom stereocenters. The van der Waals surface area contributed by atoms with Crippen LogP contribution in [0.3, 0.4) is 0 Å². The number of anilines is 1. The number of piperidine rings is 1. The van der Waals surface area contributed by atoms with Crippen molar-refractivity contribution in [3.8, 4) is 17.1 Å². The highest BCUT2D eigenvalue weighted by atomic mass is 32.2. The molecule has 1 aliphatic heterocycles. The van der Waals surface area contributed by atoms with Gasteiger partial charge < -0.3 is 9.88 Å². The summed E-state index contributed by atoms with van der Waals surface area (Å²) in [5.74, 6) is -0.150. The molecule has 3 aromatic heterocycles. The van der Waals surface area contributed by atoms with Gasteiger partial charge in [0.25, 0.3) is 0 Å². The van der Waals surface area contributed by atoms with Gasteiger partial charge in [0.1, 0.15) is 23.3 Å². The molecule has 9 nitrogen and oxygen atoms in total. The second-order valence-corrected chi connectivity index (χ2v) is 10.5. The molecule has 0 aliphatic carbocycles. The van der Waals surface area contributed by atoms with Crippen LogP contribution in [-0.4, -0.2) is 62.6 Å². The number of aryl methyl sites for hydroxylation is 1. The van der Waals surface area contributed by atoms with Crippen LogP contribution in [-0.2, 0) is 22.4 Å². The second kappa shape index (κ2) is 9.55. The van der Waals surface area contributed by atoms with E-state index >= 15 is 0 Å². The number of pyridine rings is 1. The molecule has 0 unspecified atom stereocenters. The van der Waals surface area contributed by atoms with Crippen LogP contribution in [0.5, 0.6) is 0 Å². The number of nitrogens with one attached hydrogen (secondary N) is 1. The number of imidazole rings is 1. The summed E-state index contributed by atoms with van der Waals surface area (Å²) in [6.45, 7) is 1.83. The summed E-state index contributed by atoms with van der Waals surface area (Å²) in [4.78, 5) is 15.1. The van der Waals surface area contributed by atoms with E-state index in [1.54, 1.807) is 0 Å². The van der Waals surface area contributed by atoms with Crippen LogP contribution in [0, 0.1) is 6.92 Å². The minimum Gasteiger partial charge on any atom is -0.351 e. The van der Waals surface area contributed by atoms with Crippen molar-refractivity contribution in [2.45, 2.75) is 38.2 Å². The highest BCUT2D eigenvalue weighted by Crippen LogP contribution is 2.37. The van der Waals surface area contributed by atoms with E-state index in [1.165, 1.54) is 17.3 Å². The molecule has 1 saturated heterocycles. The monoisotopic (exact) mass is 549 g/mol. The second-order valence-electron chi connectivity index (χ2n) is 8.52. The van der Waals surface area contributed by atoms with Gasteiger partial charge in [-0.1, -0.05) is 0 Å².